The molecule has 7 nitrogen and oxygen atoms in total. The van der Waals surface area contributed by atoms with Gasteiger partial charge in [0.05, 0.1) is 17.7 Å². The number of Topliss-reactive ketones (excluding diaryl/α,β-unsaturated/α-hetero) is 1. The molecule has 1 spiro atoms. The van der Waals surface area contributed by atoms with E-state index in [1.54, 1.807) is 52.0 Å². The van der Waals surface area contributed by atoms with Crippen LogP contribution in [0.4, 0.5) is 5.69 Å². The van der Waals surface area contributed by atoms with E-state index in [4.69, 9.17) is 14.2 Å². The lowest BCUT2D eigenvalue weighted by Gasteiger charge is -2.40. The van der Waals surface area contributed by atoms with Crippen LogP contribution < -0.4 is 4.90 Å². The number of ketones is 1. The number of anilines is 1. The predicted molar refractivity (Wildman–Crippen MR) is 90.3 cm³/mol. The number of benzene rings is 1. The van der Waals surface area contributed by atoms with Crippen molar-refractivity contribution in [3.63, 3.8) is 0 Å². The van der Waals surface area contributed by atoms with Crippen molar-refractivity contribution in [1.29, 1.82) is 0 Å². The number of nitrogens with zero attached hydrogens (tertiary/aromatic N) is 1. The number of esters is 1. The van der Waals surface area contributed by atoms with Gasteiger partial charge in [-0.05, 0) is 33.8 Å². The van der Waals surface area contributed by atoms with Gasteiger partial charge in [0.25, 0.3) is 5.91 Å². The molecule has 0 aliphatic carbocycles. The third-order valence-electron chi connectivity index (χ3n) is 5.81. The Hall–Kier alpha value is -2.25. The fourth-order valence-corrected chi connectivity index (χ4v) is 4.05. The third-order valence-corrected chi connectivity index (χ3v) is 5.81. The number of para-hydroxylation sites is 1. The van der Waals surface area contributed by atoms with E-state index in [1.807, 2.05) is 0 Å². The summed E-state index contributed by atoms with van der Waals surface area (Å²) in [5.74, 6) is -2.37. The fraction of sp³-hybridized carbons (Fsp3) is 0.526. The zero-order valence-electron chi connectivity index (χ0n) is 15.2. The van der Waals surface area contributed by atoms with Crippen LogP contribution in [0, 0.1) is 5.41 Å². The van der Waals surface area contributed by atoms with Gasteiger partial charge >= 0.3 is 5.97 Å². The van der Waals surface area contributed by atoms with Crippen molar-refractivity contribution in [1.82, 2.24) is 0 Å². The van der Waals surface area contributed by atoms with Crippen LogP contribution in [0.3, 0.4) is 0 Å². The summed E-state index contributed by atoms with van der Waals surface area (Å²) >= 11 is 0. The van der Waals surface area contributed by atoms with E-state index in [1.165, 1.54) is 4.90 Å². The van der Waals surface area contributed by atoms with Crippen LogP contribution in [0.1, 0.15) is 33.3 Å². The van der Waals surface area contributed by atoms with E-state index in [2.05, 4.69) is 0 Å². The maximum Gasteiger partial charge on any atom is 0.326 e. The Morgan fingerprint density at radius 3 is 2.54 bits per heavy atom. The van der Waals surface area contributed by atoms with Crippen molar-refractivity contribution < 1.29 is 28.6 Å². The van der Waals surface area contributed by atoms with Crippen LogP contribution >= 0.6 is 0 Å². The minimum absolute atomic E-state index is 0.174. The lowest BCUT2D eigenvalue weighted by Crippen LogP contribution is -2.59. The summed E-state index contributed by atoms with van der Waals surface area (Å²) in [7, 11) is 0. The van der Waals surface area contributed by atoms with E-state index in [0.29, 0.717) is 11.3 Å². The highest BCUT2D eigenvalue weighted by Crippen LogP contribution is 2.62. The standard InChI is InChI=1S/C19H21NO6/c1-5-24-13(21)10-20-12-9-7-6-8-11(12)19(16(20)23)15-14(22)17(2,3)18(4,25-15)26-19/h6-9,15H,5,10H2,1-4H3/t15-,18-,19-/m1/s1. The molecule has 26 heavy (non-hydrogen) atoms. The smallest absolute Gasteiger partial charge is 0.326 e. The molecule has 3 aliphatic rings. The van der Waals surface area contributed by atoms with Gasteiger partial charge in [0.1, 0.15) is 6.54 Å². The van der Waals surface area contributed by atoms with Gasteiger partial charge in [-0.2, -0.15) is 0 Å². The second kappa shape index (κ2) is 5.14. The number of fused-ring (bicyclic) bond motifs is 5. The Labute approximate surface area is 151 Å². The molecule has 1 aromatic rings. The van der Waals surface area contributed by atoms with E-state index >= 15 is 0 Å². The highest BCUT2D eigenvalue weighted by Gasteiger charge is 2.78. The number of amides is 1. The lowest BCUT2D eigenvalue weighted by molar-refractivity contribution is -0.222. The first-order chi connectivity index (χ1) is 12.2. The number of rotatable bonds is 3. The van der Waals surface area contributed by atoms with Crippen LogP contribution in [-0.4, -0.2) is 42.7 Å². The van der Waals surface area contributed by atoms with Crippen molar-refractivity contribution >= 4 is 23.3 Å². The number of carbonyl (C=O) groups excluding carboxylic acids is 3. The normalized spacial score (nSPS) is 33.8. The number of hydrogen-bond donors (Lipinski definition) is 0. The molecule has 0 aromatic heterocycles. The number of carbonyl (C=O) groups is 3. The molecule has 0 N–H and O–H groups in total. The fourth-order valence-electron chi connectivity index (χ4n) is 4.05. The molecule has 3 atom stereocenters. The van der Waals surface area contributed by atoms with Crippen LogP contribution in [0.15, 0.2) is 24.3 Å². The summed E-state index contributed by atoms with van der Waals surface area (Å²) in [5, 5.41) is 0. The van der Waals surface area contributed by atoms with Crippen molar-refractivity contribution in [2.75, 3.05) is 18.1 Å². The van der Waals surface area contributed by atoms with Crippen molar-refractivity contribution in [2.24, 2.45) is 5.41 Å². The maximum atomic E-state index is 13.4. The highest BCUT2D eigenvalue weighted by atomic mass is 16.8. The minimum Gasteiger partial charge on any atom is -0.465 e. The molecule has 0 saturated carbocycles. The van der Waals surface area contributed by atoms with Gasteiger partial charge in [-0.1, -0.05) is 18.2 Å². The maximum absolute atomic E-state index is 13.4. The molecule has 3 heterocycles. The van der Waals surface area contributed by atoms with Gasteiger partial charge in [0.2, 0.25) is 5.60 Å². The van der Waals surface area contributed by atoms with E-state index < -0.39 is 34.8 Å². The van der Waals surface area contributed by atoms with Gasteiger partial charge in [-0.25, -0.2) is 0 Å². The molecule has 4 rings (SSSR count). The van der Waals surface area contributed by atoms with E-state index in [9.17, 15) is 14.4 Å². The first kappa shape index (κ1) is 17.2. The first-order valence-corrected chi connectivity index (χ1v) is 8.68. The second-order valence-corrected chi connectivity index (χ2v) is 7.48. The Morgan fingerprint density at radius 1 is 1.23 bits per heavy atom. The van der Waals surface area contributed by atoms with Crippen molar-refractivity contribution in [2.45, 2.75) is 45.2 Å². The monoisotopic (exact) mass is 359 g/mol. The SMILES string of the molecule is CCOC(=O)CN1C(=O)[C@@]2(O[C@@]3(C)O[C@@H]2C(=O)C3(C)C)c2ccccc21. The molecule has 138 valence electrons. The van der Waals surface area contributed by atoms with Crippen LogP contribution in [0.5, 0.6) is 0 Å². The highest BCUT2D eigenvalue weighted by molar-refractivity contribution is 6.14. The Morgan fingerprint density at radius 2 is 1.92 bits per heavy atom. The molecule has 1 aromatic carbocycles. The quantitative estimate of drug-likeness (QED) is 0.762. The number of ether oxygens (including phenoxy) is 3. The largest absolute Gasteiger partial charge is 0.465 e. The van der Waals surface area contributed by atoms with Crippen molar-refractivity contribution in [3.05, 3.63) is 29.8 Å². The summed E-state index contributed by atoms with van der Waals surface area (Å²) in [5.41, 5.74) is -1.33. The zero-order chi connectivity index (χ0) is 18.9. The molecule has 3 aliphatic heterocycles. The molecule has 0 unspecified atom stereocenters. The molecule has 0 radical (unpaired) electrons. The second-order valence-electron chi connectivity index (χ2n) is 7.48. The van der Waals surface area contributed by atoms with Crippen LogP contribution in [0.2, 0.25) is 0 Å². The summed E-state index contributed by atoms with van der Waals surface area (Å²) in [6.07, 6.45) is -1.04. The van der Waals surface area contributed by atoms with Gasteiger partial charge in [-0.3, -0.25) is 19.3 Å². The summed E-state index contributed by atoms with van der Waals surface area (Å²) in [6, 6.07) is 7.01. The molecular weight excluding hydrogens is 338 g/mol. The average molecular weight is 359 g/mol. The first-order valence-electron chi connectivity index (χ1n) is 8.68. The Balaban J connectivity index is 1.81. The number of hydrogen-bond acceptors (Lipinski definition) is 6. The molecule has 2 fully saturated rings. The van der Waals surface area contributed by atoms with Crippen LogP contribution in [-0.2, 0) is 34.2 Å². The average Bonchev–Trinajstić information content (AvgIpc) is 3.10. The van der Waals surface area contributed by atoms with Gasteiger partial charge in [0.15, 0.2) is 17.7 Å². The summed E-state index contributed by atoms with van der Waals surface area (Å²) in [4.78, 5) is 39.7. The van der Waals surface area contributed by atoms with E-state index in [-0.39, 0.29) is 18.9 Å². The third kappa shape index (κ3) is 1.82. The zero-order valence-corrected chi connectivity index (χ0v) is 15.2. The molecule has 2 bridgehead atoms. The van der Waals surface area contributed by atoms with E-state index in [0.717, 1.165) is 0 Å². The minimum atomic E-state index is -1.55. The van der Waals surface area contributed by atoms with Gasteiger partial charge in [0, 0.05) is 5.56 Å². The molecule has 7 heteroatoms. The predicted octanol–water partition coefficient (Wildman–Crippen LogP) is 1.53. The summed E-state index contributed by atoms with van der Waals surface area (Å²) < 4.78 is 17.1. The van der Waals surface area contributed by atoms with Gasteiger partial charge in [-0.15, -0.1) is 0 Å². The molecule has 2 saturated heterocycles. The van der Waals surface area contributed by atoms with Gasteiger partial charge < -0.3 is 14.2 Å². The Bertz CT molecular complexity index is 833. The molecule has 1 amide bonds. The summed E-state index contributed by atoms with van der Waals surface area (Å²) in [6.45, 7) is 6.88. The lowest BCUT2D eigenvalue weighted by atomic mass is 9.73. The molecular formula is C19H21NO6. The Kier molecular flexibility index (Phi) is 3.40. The van der Waals surface area contributed by atoms with Crippen molar-refractivity contribution in [3.8, 4) is 0 Å². The van der Waals surface area contributed by atoms with Crippen LogP contribution in [0.25, 0.3) is 0 Å². The topological polar surface area (TPSA) is 82.1 Å².